The van der Waals surface area contributed by atoms with Gasteiger partial charge in [0.25, 0.3) is 0 Å². The molecule has 2 aromatic rings. The van der Waals surface area contributed by atoms with Gasteiger partial charge in [-0.15, -0.1) is 0 Å². The number of hydrogen-bond acceptors (Lipinski definition) is 6. The lowest BCUT2D eigenvalue weighted by Gasteiger charge is -2.22. The number of aliphatic hydroxyl groups excluding tert-OH is 1. The van der Waals surface area contributed by atoms with E-state index in [4.69, 9.17) is 14.7 Å². The van der Waals surface area contributed by atoms with Crippen molar-refractivity contribution in [1.82, 2.24) is 19.5 Å². The largest absolute Gasteiger partial charge is 0.391 e. The third-order valence-corrected chi connectivity index (χ3v) is 4.12. The standard InChI is InChI=1S/C16H25N5O2/c1-16(2,3)15-18-13(20-6-5-11(22)9-20)12-14(19-15)21(10-17-12)7-8-23-4/h10-11,22H,5-9H2,1-4H3/t11-/m0/s1. The molecule has 3 rings (SSSR count). The van der Waals surface area contributed by atoms with Crippen molar-refractivity contribution >= 4 is 17.0 Å². The van der Waals surface area contributed by atoms with Crippen molar-refractivity contribution in [2.45, 2.75) is 45.3 Å². The SMILES string of the molecule is COCCn1cnc2c(N3CC[C@H](O)C3)nc(C(C)(C)C)nc21. The topological polar surface area (TPSA) is 76.3 Å². The first-order valence-electron chi connectivity index (χ1n) is 8.05. The summed E-state index contributed by atoms with van der Waals surface area (Å²) < 4.78 is 7.18. The minimum absolute atomic E-state index is 0.155. The van der Waals surface area contributed by atoms with Crippen LogP contribution in [-0.4, -0.2) is 57.5 Å². The fourth-order valence-electron chi connectivity index (χ4n) is 2.77. The van der Waals surface area contributed by atoms with Gasteiger partial charge in [-0.3, -0.25) is 0 Å². The second-order valence-corrected chi connectivity index (χ2v) is 7.11. The maximum atomic E-state index is 9.86. The Kier molecular flexibility index (Phi) is 4.25. The highest BCUT2D eigenvalue weighted by molar-refractivity contribution is 5.84. The Morgan fingerprint density at radius 1 is 1.35 bits per heavy atom. The molecule has 0 radical (unpaired) electrons. The molecule has 2 aromatic heterocycles. The lowest BCUT2D eigenvalue weighted by atomic mass is 9.96. The summed E-state index contributed by atoms with van der Waals surface area (Å²) in [6.07, 6.45) is 2.26. The number of imidazole rings is 1. The van der Waals surface area contributed by atoms with Crippen LogP contribution in [0.15, 0.2) is 6.33 Å². The fourth-order valence-corrected chi connectivity index (χ4v) is 2.77. The number of hydrogen-bond donors (Lipinski definition) is 1. The molecule has 0 aliphatic carbocycles. The van der Waals surface area contributed by atoms with Crippen LogP contribution in [0, 0.1) is 0 Å². The smallest absolute Gasteiger partial charge is 0.165 e. The second-order valence-electron chi connectivity index (χ2n) is 7.11. The number of rotatable bonds is 4. The van der Waals surface area contributed by atoms with Gasteiger partial charge in [-0.25, -0.2) is 15.0 Å². The van der Waals surface area contributed by atoms with E-state index in [-0.39, 0.29) is 11.5 Å². The van der Waals surface area contributed by atoms with Gasteiger partial charge in [-0.1, -0.05) is 20.8 Å². The minimum atomic E-state index is -0.298. The van der Waals surface area contributed by atoms with Crippen molar-refractivity contribution in [2.24, 2.45) is 0 Å². The van der Waals surface area contributed by atoms with Crippen molar-refractivity contribution in [2.75, 3.05) is 31.7 Å². The van der Waals surface area contributed by atoms with Gasteiger partial charge in [-0.05, 0) is 6.42 Å². The molecule has 1 aliphatic heterocycles. The summed E-state index contributed by atoms with van der Waals surface area (Å²) in [5, 5.41) is 9.86. The molecule has 7 nitrogen and oxygen atoms in total. The summed E-state index contributed by atoms with van der Waals surface area (Å²) in [5.74, 6) is 1.62. The quantitative estimate of drug-likeness (QED) is 0.916. The van der Waals surface area contributed by atoms with Gasteiger partial charge >= 0.3 is 0 Å². The molecule has 126 valence electrons. The zero-order valence-corrected chi connectivity index (χ0v) is 14.3. The molecule has 0 bridgehead atoms. The molecule has 1 aliphatic rings. The van der Waals surface area contributed by atoms with E-state index in [2.05, 4.69) is 30.7 Å². The number of ether oxygens (including phenoxy) is 1. The van der Waals surface area contributed by atoms with E-state index in [0.717, 1.165) is 35.8 Å². The summed E-state index contributed by atoms with van der Waals surface area (Å²) in [7, 11) is 1.69. The van der Waals surface area contributed by atoms with Crippen LogP contribution in [0.5, 0.6) is 0 Å². The van der Waals surface area contributed by atoms with E-state index in [9.17, 15) is 5.11 Å². The highest BCUT2D eigenvalue weighted by atomic mass is 16.5. The summed E-state index contributed by atoms with van der Waals surface area (Å²) >= 11 is 0. The molecule has 0 unspecified atom stereocenters. The van der Waals surface area contributed by atoms with E-state index in [1.165, 1.54) is 0 Å². The summed E-state index contributed by atoms with van der Waals surface area (Å²) in [4.78, 5) is 16.2. The number of fused-ring (bicyclic) bond motifs is 1. The van der Waals surface area contributed by atoms with Gasteiger partial charge in [0.05, 0.1) is 19.0 Å². The Labute approximate surface area is 136 Å². The molecule has 1 N–H and O–H groups in total. The fraction of sp³-hybridized carbons (Fsp3) is 0.688. The van der Waals surface area contributed by atoms with E-state index in [0.29, 0.717) is 19.7 Å². The van der Waals surface area contributed by atoms with Crippen LogP contribution in [0.4, 0.5) is 5.82 Å². The molecule has 0 saturated carbocycles. The van der Waals surface area contributed by atoms with Crippen LogP contribution in [0.2, 0.25) is 0 Å². The summed E-state index contributed by atoms with van der Waals surface area (Å²) in [6.45, 7) is 9.02. The van der Waals surface area contributed by atoms with E-state index < -0.39 is 0 Å². The molecule has 0 spiro atoms. The summed E-state index contributed by atoms with van der Waals surface area (Å²) in [5.41, 5.74) is 1.47. The number of methoxy groups -OCH3 is 1. The molecule has 1 atom stereocenters. The Hall–Kier alpha value is -1.73. The lowest BCUT2D eigenvalue weighted by molar-refractivity contribution is 0.188. The van der Waals surface area contributed by atoms with Gasteiger partial charge < -0.3 is 19.3 Å². The third-order valence-electron chi connectivity index (χ3n) is 4.12. The normalized spacial score (nSPS) is 19.0. The monoisotopic (exact) mass is 319 g/mol. The predicted molar refractivity (Wildman–Crippen MR) is 88.7 cm³/mol. The molecule has 23 heavy (non-hydrogen) atoms. The molecule has 0 amide bonds. The van der Waals surface area contributed by atoms with Gasteiger partial charge in [0.2, 0.25) is 0 Å². The Balaban J connectivity index is 2.11. The molecule has 7 heteroatoms. The first kappa shape index (κ1) is 16.1. The van der Waals surface area contributed by atoms with Crippen molar-refractivity contribution < 1.29 is 9.84 Å². The highest BCUT2D eigenvalue weighted by Gasteiger charge is 2.28. The van der Waals surface area contributed by atoms with E-state index >= 15 is 0 Å². The van der Waals surface area contributed by atoms with Gasteiger partial charge in [-0.2, -0.15) is 0 Å². The Morgan fingerprint density at radius 3 is 2.74 bits per heavy atom. The summed E-state index contributed by atoms with van der Waals surface area (Å²) in [6, 6.07) is 0. The zero-order valence-electron chi connectivity index (χ0n) is 14.3. The van der Waals surface area contributed by atoms with Gasteiger partial charge in [0.15, 0.2) is 17.0 Å². The zero-order chi connectivity index (χ0) is 16.6. The first-order valence-corrected chi connectivity index (χ1v) is 8.05. The number of nitrogens with zero attached hydrogens (tertiary/aromatic N) is 5. The molecule has 1 fully saturated rings. The highest BCUT2D eigenvalue weighted by Crippen LogP contribution is 2.29. The molecule has 0 aromatic carbocycles. The molecular formula is C16H25N5O2. The molecule has 1 saturated heterocycles. The van der Waals surface area contributed by atoms with Crippen LogP contribution in [0.1, 0.15) is 33.0 Å². The third kappa shape index (κ3) is 3.16. The predicted octanol–water partition coefficient (Wildman–Crippen LogP) is 1.34. The first-order chi connectivity index (χ1) is 10.9. The lowest BCUT2D eigenvalue weighted by Crippen LogP contribution is -2.25. The van der Waals surface area contributed by atoms with Crippen molar-refractivity contribution in [3.63, 3.8) is 0 Å². The van der Waals surface area contributed by atoms with Crippen molar-refractivity contribution in [3.8, 4) is 0 Å². The maximum absolute atomic E-state index is 9.86. The average Bonchev–Trinajstić information content (AvgIpc) is 3.09. The number of aromatic nitrogens is 4. The Bertz CT molecular complexity index is 692. The molecule has 3 heterocycles. The van der Waals surface area contributed by atoms with Crippen LogP contribution >= 0.6 is 0 Å². The van der Waals surface area contributed by atoms with Crippen LogP contribution in [-0.2, 0) is 16.7 Å². The van der Waals surface area contributed by atoms with Crippen LogP contribution in [0.25, 0.3) is 11.2 Å². The van der Waals surface area contributed by atoms with Gasteiger partial charge in [0, 0.05) is 32.2 Å². The maximum Gasteiger partial charge on any atom is 0.165 e. The molecular weight excluding hydrogens is 294 g/mol. The van der Waals surface area contributed by atoms with E-state index in [1.807, 2.05) is 4.57 Å². The average molecular weight is 319 g/mol. The number of aliphatic hydroxyl groups is 1. The Morgan fingerprint density at radius 2 is 2.13 bits per heavy atom. The number of β-amino-alcohol motifs (C(OH)–C–C–N with tert-alkyl or cyclic N) is 1. The van der Waals surface area contributed by atoms with Crippen LogP contribution < -0.4 is 4.90 Å². The minimum Gasteiger partial charge on any atom is -0.391 e. The van der Waals surface area contributed by atoms with Crippen molar-refractivity contribution in [3.05, 3.63) is 12.2 Å². The van der Waals surface area contributed by atoms with Gasteiger partial charge in [0.1, 0.15) is 5.82 Å². The number of anilines is 1. The van der Waals surface area contributed by atoms with E-state index in [1.54, 1.807) is 13.4 Å². The van der Waals surface area contributed by atoms with Crippen molar-refractivity contribution in [1.29, 1.82) is 0 Å². The second kappa shape index (κ2) is 6.05. The van der Waals surface area contributed by atoms with Crippen LogP contribution in [0.3, 0.4) is 0 Å².